The Morgan fingerprint density at radius 2 is 2.21 bits per heavy atom. The van der Waals surface area contributed by atoms with Crippen molar-refractivity contribution in [2.75, 3.05) is 18.8 Å². The van der Waals surface area contributed by atoms with Gasteiger partial charge in [-0.25, -0.2) is 8.42 Å². The van der Waals surface area contributed by atoms with E-state index in [1.165, 1.54) is 10.4 Å². The van der Waals surface area contributed by atoms with Crippen molar-refractivity contribution in [3.05, 3.63) is 23.8 Å². The fraction of sp³-hybridized carbons (Fsp3) is 0.538. The number of nitrogens with zero attached hydrogens (tertiary/aromatic N) is 1. The van der Waals surface area contributed by atoms with Gasteiger partial charge in [0.25, 0.3) is 0 Å². The number of hydrogen-bond donors (Lipinski definition) is 2. The molecule has 1 unspecified atom stereocenters. The quantitative estimate of drug-likeness (QED) is 0.810. The number of nitrogens with two attached hydrogens (primary N) is 1. The Balaban J connectivity index is 2.41. The number of piperidine rings is 1. The van der Waals surface area contributed by atoms with Crippen LogP contribution in [-0.2, 0) is 16.4 Å². The Kier molecular flexibility index (Phi) is 4.13. The largest absolute Gasteiger partial charge is 0.399 e. The van der Waals surface area contributed by atoms with Gasteiger partial charge in [-0.15, -0.1) is 0 Å². The Morgan fingerprint density at radius 3 is 2.84 bits per heavy atom. The molecular formula is C13H20N2O3S. The summed E-state index contributed by atoms with van der Waals surface area (Å²) in [4.78, 5) is 0.268. The van der Waals surface area contributed by atoms with Crippen molar-refractivity contribution in [3.63, 3.8) is 0 Å². The second-order valence-electron chi connectivity index (χ2n) is 4.88. The molecule has 106 valence electrons. The first-order valence-corrected chi connectivity index (χ1v) is 7.95. The number of benzene rings is 1. The predicted octanol–water partition coefficient (Wildman–Crippen LogP) is 0.977. The summed E-state index contributed by atoms with van der Waals surface area (Å²) in [6, 6.07) is 4.97. The van der Waals surface area contributed by atoms with Crippen LogP contribution in [0.1, 0.15) is 25.3 Å². The summed E-state index contributed by atoms with van der Waals surface area (Å²) in [5, 5.41) is 9.64. The highest BCUT2D eigenvalue weighted by Crippen LogP contribution is 2.25. The number of sulfonamides is 1. The molecule has 1 fully saturated rings. The lowest BCUT2D eigenvalue weighted by molar-refractivity contribution is 0.108. The van der Waals surface area contributed by atoms with Crippen LogP contribution in [0.5, 0.6) is 0 Å². The number of rotatable bonds is 3. The maximum absolute atomic E-state index is 12.6. The van der Waals surface area contributed by atoms with Gasteiger partial charge in [0.2, 0.25) is 10.0 Å². The van der Waals surface area contributed by atoms with Crippen molar-refractivity contribution >= 4 is 15.7 Å². The van der Waals surface area contributed by atoms with Gasteiger partial charge in [0.05, 0.1) is 11.0 Å². The standard InChI is InChI=1S/C13H20N2O3S/c1-2-10-5-6-11(14)8-13(10)19(17,18)15-7-3-4-12(16)9-15/h5-6,8,12,16H,2-4,7,9,14H2,1H3. The first-order valence-electron chi connectivity index (χ1n) is 6.51. The number of β-amino-alcohol motifs (C(OH)–C–C–N with tert-alkyl or cyclic N) is 1. The van der Waals surface area contributed by atoms with E-state index in [4.69, 9.17) is 5.73 Å². The maximum atomic E-state index is 12.6. The van der Waals surface area contributed by atoms with Crippen LogP contribution in [0.25, 0.3) is 0 Å². The van der Waals surface area contributed by atoms with E-state index >= 15 is 0 Å². The number of aliphatic hydroxyl groups is 1. The molecule has 2 rings (SSSR count). The molecule has 0 aromatic heterocycles. The van der Waals surface area contributed by atoms with Gasteiger partial charge in [-0.2, -0.15) is 4.31 Å². The van der Waals surface area contributed by atoms with E-state index in [1.54, 1.807) is 12.1 Å². The average Bonchev–Trinajstić information content (AvgIpc) is 2.38. The van der Waals surface area contributed by atoms with Crippen LogP contribution in [0.2, 0.25) is 0 Å². The summed E-state index contributed by atoms with van der Waals surface area (Å²) < 4.78 is 26.6. The van der Waals surface area contributed by atoms with Crippen molar-refractivity contribution in [1.29, 1.82) is 0 Å². The van der Waals surface area contributed by atoms with E-state index in [-0.39, 0.29) is 11.4 Å². The van der Waals surface area contributed by atoms with Crippen LogP contribution >= 0.6 is 0 Å². The summed E-state index contributed by atoms with van der Waals surface area (Å²) in [6.45, 7) is 2.53. The zero-order valence-corrected chi connectivity index (χ0v) is 11.9. The zero-order valence-electron chi connectivity index (χ0n) is 11.0. The maximum Gasteiger partial charge on any atom is 0.243 e. The fourth-order valence-corrected chi connectivity index (χ4v) is 4.23. The minimum atomic E-state index is -3.57. The molecule has 5 nitrogen and oxygen atoms in total. The van der Waals surface area contributed by atoms with Gasteiger partial charge in [0.15, 0.2) is 0 Å². The average molecular weight is 284 g/mol. The Morgan fingerprint density at radius 1 is 1.47 bits per heavy atom. The Hall–Kier alpha value is -1.11. The highest BCUT2D eigenvalue weighted by atomic mass is 32.2. The van der Waals surface area contributed by atoms with Crippen molar-refractivity contribution in [2.24, 2.45) is 0 Å². The van der Waals surface area contributed by atoms with Gasteiger partial charge in [0.1, 0.15) is 0 Å². The minimum absolute atomic E-state index is 0.167. The van der Waals surface area contributed by atoms with E-state index < -0.39 is 16.1 Å². The normalized spacial score (nSPS) is 21.5. The Labute approximate surface area is 114 Å². The molecule has 1 aliphatic rings. The monoisotopic (exact) mass is 284 g/mol. The van der Waals surface area contributed by atoms with Crippen molar-refractivity contribution in [3.8, 4) is 0 Å². The van der Waals surface area contributed by atoms with E-state index in [1.807, 2.05) is 6.92 Å². The van der Waals surface area contributed by atoms with E-state index in [2.05, 4.69) is 0 Å². The van der Waals surface area contributed by atoms with E-state index in [0.717, 1.165) is 5.56 Å². The molecule has 0 aliphatic carbocycles. The molecule has 1 aliphatic heterocycles. The molecular weight excluding hydrogens is 264 g/mol. The number of anilines is 1. The molecule has 0 bridgehead atoms. The van der Waals surface area contributed by atoms with Crippen LogP contribution in [0.15, 0.2) is 23.1 Å². The highest BCUT2D eigenvalue weighted by molar-refractivity contribution is 7.89. The van der Waals surface area contributed by atoms with Crippen LogP contribution in [-0.4, -0.2) is 37.0 Å². The van der Waals surface area contributed by atoms with Gasteiger partial charge in [-0.1, -0.05) is 13.0 Å². The van der Waals surface area contributed by atoms with Gasteiger partial charge in [-0.3, -0.25) is 0 Å². The van der Waals surface area contributed by atoms with E-state index in [9.17, 15) is 13.5 Å². The highest BCUT2D eigenvalue weighted by Gasteiger charge is 2.30. The van der Waals surface area contributed by atoms with E-state index in [0.29, 0.717) is 31.5 Å². The molecule has 6 heteroatoms. The number of aliphatic hydroxyl groups excluding tert-OH is 1. The summed E-state index contributed by atoms with van der Waals surface area (Å²) in [5.74, 6) is 0. The third kappa shape index (κ3) is 2.91. The van der Waals surface area contributed by atoms with Gasteiger partial charge < -0.3 is 10.8 Å². The minimum Gasteiger partial charge on any atom is -0.399 e. The lowest BCUT2D eigenvalue weighted by atomic mass is 10.1. The summed E-state index contributed by atoms with van der Waals surface area (Å²) in [5.41, 5.74) is 6.90. The van der Waals surface area contributed by atoms with Crippen molar-refractivity contribution < 1.29 is 13.5 Å². The molecule has 1 atom stereocenters. The molecule has 1 aromatic rings. The van der Waals surface area contributed by atoms with Crippen LogP contribution in [0, 0.1) is 0 Å². The molecule has 1 heterocycles. The van der Waals surface area contributed by atoms with Gasteiger partial charge in [0, 0.05) is 18.8 Å². The van der Waals surface area contributed by atoms with Gasteiger partial charge >= 0.3 is 0 Å². The molecule has 0 radical (unpaired) electrons. The lowest BCUT2D eigenvalue weighted by Gasteiger charge is -2.29. The SMILES string of the molecule is CCc1ccc(N)cc1S(=O)(=O)N1CCCC(O)C1. The molecule has 1 aromatic carbocycles. The second kappa shape index (κ2) is 5.48. The molecule has 0 amide bonds. The molecule has 1 saturated heterocycles. The summed E-state index contributed by atoms with van der Waals surface area (Å²) in [7, 11) is -3.57. The van der Waals surface area contributed by atoms with Crippen LogP contribution in [0.3, 0.4) is 0 Å². The van der Waals surface area contributed by atoms with Crippen molar-refractivity contribution in [2.45, 2.75) is 37.2 Å². The fourth-order valence-electron chi connectivity index (χ4n) is 2.38. The van der Waals surface area contributed by atoms with Crippen molar-refractivity contribution in [1.82, 2.24) is 4.31 Å². The molecule has 3 N–H and O–H groups in total. The third-order valence-electron chi connectivity index (χ3n) is 3.45. The first kappa shape index (κ1) is 14.3. The zero-order chi connectivity index (χ0) is 14.0. The van der Waals surface area contributed by atoms with Crippen LogP contribution < -0.4 is 5.73 Å². The molecule has 19 heavy (non-hydrogen) atoms. The molecule has 0 saturated carbocycles. The summed E-state index contributed by atoms with van der Waals surface area (Å²) in [6.07, 6.45) is 1.40. The van der Waals surface area contributed by atoms with Gasteiger partial charge in [-0.05, 0) is 37.0 Å². The lowest BCUT2D eigenvalue weighted by Crippen LogP contribution is -2.42. The number of aryl methyl sites for hydroxylation is 1. The first-order chi connectivity index (χ1) is 8.95. The summed E-state index contributed by atoms with van der Waals surface area (Å²) >= 11 is 0. The third-order valence-corrected chi connectivity index (χ3v) is 5.40. The topological polar surface area (TPSA) is 83.6 Å². The Bertz CT molecular complexity index is 557. The smallest absolute Gasteiger partial charge is 0.243 e. The number of nitrogen functional groups attached to an aromatic ring is 1. The number of hydrogen-bond acceptors (Lipinski definition) is 4. The van der Waals surface area contributed by atoms with Crippen LogP contribution in [0.4, 0.5) is 5.69 Å². The predicted molar refractivity (Wildman–Crippen MR) is 74.2 cm³/mol. The molecule has 0 spiro atoms. The second-order valence-corrected chi connectivity index (χ2v) is 6.79.